The van der Waals surface area contributed by atoms with Crippen LogP contribution in [0.15, 0.2) is 21.9 Å². The number of carbonyl (C=O) groups is 2. The van der Waals surface area contributed by atoms with Crippen molar-refractivity contribution >= 4 is 23.2 Å². The molecule has 1 N–H and O–H groups in total. The van der Waals surface area contributed by atoms with Crippen LogP contribution in [0.3, 0.4) is 0 Å². The molecule has 0 fully saturated rings. The monoisotopic (exact) mass is 386 g/mol. The van der Waals surface area contributed by atoms with Gasteiger partial charge >= 0.3 is 0 Å². The fraction of sp³-hybridized carbons (Fsp3) is 0.524. The van der Waals surface area contributed by atoms with Gasteiger partial charge in [0.05, 0.1) is 18.2 Å². The first-order valence-electron chi connectivity index (χ1n) is 9.57. The van der Waals surface area contributed by atoms with Crippen LogP contribution in [-0.4, -0.2) is 29.8 Å². The van der Waals surface area contributed by atoms with Crippen LogP contribution >= 0.6 is 11.3 Å². The summed E-state index contributed by atoms with van der Waals surface area (Å²) in [6, 6.07) is 3.85. The summed E-state index contributed by atoms with van der Waals surface area (Å²) in [5, 5.41) is 5.12. The Hall–Kier alpha value is -2.08. The number of amides is 2. The third-order valence-corrected chi connectivity index (χ3v) is 6.48. The van der Waals surface area contributed by atoms with Crippen molar-refractivity contribution in [3.63, 3.8) is 0 Å². The fourth-order valence-electron chi connectivity index (χ4n) is 4.30. The molecule has 0 aromatic carbocycles. The Morgan fingerprint density at radius 3 is 3.07 bits per heavy atom. The van der Waals surface area contributed by atoms with Crippen LogP contribution in [0.5, 0.6) is 0 Å². The van der Waals surface area contributed by atoms with Crippen molar-refractivity contribution in [2.45, 2.75) is 52.5 Å². The maximum Gasteiger partial charge on any atom is 0.255 e. The molecule has 2 aromatic rings. The van der Waals surface area contributed by atoms with Gasteiger partial charge in [-0.25, -0.2) is 0 Å². The molecule has 0 unspecified atom stereocenters. The van der Waals surface area contributed by atoms with Gasteiger partial charge < -0.3 is 14.6 Å². The Bertz CT molecular complexity index is 880. The Labute approximate surface area is 163 Å². The third kappa shape index (κ3) is 3.68. The largest absolute Gasteiger partial charge is 0.466 e. The van der Waals surface area contributed by atoms with Crippen molar-refractivity contribution in [3.05, 3.63) is 45.0 Å². The standard InChI is InChI=1S/C21H26N2O3S/c1-13-9-15-16(10-21(2,3)11-17(15)26-13)22-19(24)12-23-7-4-5-18-14(20(23)25)6-8-27-18/h6,8-9,16H,4-5,7,10-12H2,1-3H3,(H,22,24)/t16-/m0/s1. The maximum atomic E-state index is 12.8. The first kappa shape index (κ1) is 18.3. The molecule has 144 valence electrons. The minimum absolute atomic E-state index is 0.0253. The second-order valence-corrected chi connectivity index (χ2v) is 9.49. The van der Waals surface area contributed by atoms with Crippen LogP contribution < -0.4 is 5.32 Å². The summed E-state index contributed by atoms with van der Waals surface area (Å²) in [6.07, 6.45) is 3.56. The molecular weight excluding hydrogens is 360 g/mol. The second kappa shape index (κ2) is 6.82. The lowest BCUT2D eigenvalue weighted by Crippen LogP contribution is -2.43. The van der Waals surface area contributed by atoms with E-state index in [1.54, 1.807) is 16.2 Å². The van der Waals surface area contributed by atoms with E-state index in [2.05, 4.69) is 19.2 Å². The quantitative estimate of drug-likeness (QED) is 0.871. The number of nitrogens with zero attached hydrogens (tertiary/aromatic N) is 1. The van der Waals surface area contributed by atoms with Crippen molar-refractivity contribution in [2.75, 3.05) is 13.1 Å². The summed E-state index contributed by atoms with van der Waals surface area (Å²) in [6.45, 7) is 7.07. The van der Waals surface area contributed by atoms with Gasteiger partial charge in [-0.1, -0.05) is 13.8 Å². The molecule has 2 aliphatic rings. The van der Waals surface area contributed by atoms with Crippen molar-refractivity contribution < 1.29 is 14.0 Å². The van der Waals surface area contributed by atoms with Gasteiger partial charge in [0.25, 0.3) is 5.91 Å². The highest BCUT2D eigenvalue weighted by Crippen LogP contribution is 2.42. The Morgan fingerprint density at radius 1 is 1.44 bits per heavy atom. The normalized spacial score (nSPS) is 21.4. The fourth-order valence-corrected chi connectivity index (χ4v) is 5.22. The van der Waals surface area contributed by atoms with E-state index < -0.39 is 0 Å². The summed E-state index contributed by atoms with van der Waals surface area (Å²) in [4.78, 5) is 28.4. The molecule has 2 amide bonds. The Balaban J connectivity index is 1.47. The number of aryl methyl sites for hydroxylation is 2. The molecule has 1 aliphatic heterocycles. The molecule has 6 heteroatoms. The average molecular weight is 387 g/mol. The van der Waals surface area contributed by atoms with Gasteiger partial charge in [-0.15, -0.1) is 11.3 Å². The second-order valence-electron chi connectivity index (χ2n) is 8.49. The molecular formula is C21H26N2O3S. The van der Waals surface area contributed by atoms with E-state index in [0.29, 0.717) is 6.54 Å². The van der Waals surface area contributed by atoms with Crippen LogP contribution in [0.2, 0.25) is 0 Å². The summed E-state index contributed by atoms with van der Waals surface area (Å²) in [5.74, 6) is 1.73. The lowest BCUT2D eigenvalue weighted by molar-refractivity contribution is -0.122. The molecule has 4 rings (SSSR count). The number of carbonyl (C=O) groups excluding carboxylic acids is 2. The molecule has 1 atom stereocenters. The van der Waals surface area contributed by atoms with E-state index >= 15 is 0 Å². The molecule has 2 aromatic heterocycles. The van der Waals surface area contributed by atoms with Crippen molar-refractivity contribution in [2.24, 2.45) is 5.41 Å². The van der Waals surface area contributed by atoms with E-state index in [4.69, 9.17) is 4.42 Å². The van der Waals surface area contributed by atoms with Gasteiger partial charge in [-0.2, -0.15) is 0 Å². The van der Waals surface area contributed by atoms with Crippen LogP contribution in [0, 0.1) is 12.3 Å². The summed E-state index contributed by atoms with van der Waals surface area (Å²) in [7, 11) is 0. The first-order valence-corrected chi connectivity index (χ1v) is 10.4. The van der Waals surface area contributed by atoms with Gasteiger partial charge in [0.2, 0.25) is 5.91 Å². The highest BCUT2D eigenvalue weighted by Gasteiger charge is 2.36. The number of hydrogen-bond acceptors (Lipinski definition) is 4. The number of thiophene rings is 1. The minimum Gasteiger partial charge on any atom is -0.466 e. The summed E-state index contributed by atoms with van der Waals surface area (Å²) < 4.78 is 5.85. The smallest absolute Gasteiger partial charge is 0.255 e. The zero-order valence-corrected chi connectivity index (χ0v) is 16.9. The Morgan fingerprint density at radius 2 is 2.26 bits per heavy atom. The minimum atomic E-state index is -0.102. The maximum absolute atomic E-state index is 12.8. The summed E-state index contributed by atoms with van der Waals surface area (Å²) in [5.41, 5.74) is 1.92. The van der Waals surface area contributed by atoms with Crippen LogP contribution in [0.4, 0.5) is 0 Å². The molecule has 3 heterocycles. The summed E-state index contributed by atoms with van der Waals surface area (Å²) >= 11 is 1.63. The van der Waals surface area contributed by atoms with Gasteiger partial charge in [-0.05, 0) is 49.1 Å². The molecule has 0 saturated carbocycles. The van der Waals surface area contributed by atoms with E-state index in [1.807, 2.05) is 24.4 Å². The van der Waals surface area contributed by atoms with Crippen LogP contribution in [0.25, 0.3) is 0 Å². The zero-order chi connectivity index (χ0) is 19.2. The van der Waals surface area contributed by atoms with Gasteiger partial charge in [0.1, 0.15) is 11.5 Å². The molecule has 1 aliphatic carbocycles. The molecule has 0 saturated heterocycles. The molecule has 27 heavy (non-hydrogen) atoms. The highest BCUT2D eigenvalue weighted by atomic mass is 32.1. The van der Waals surface area contributed by atoms with E-state index in [-0.39, 0.29) is 29.8 Å². The number of fused-ring (bicyclic) bond motifs is 2. The van der Waals surface area contributed by atoms with Crippen molar-refractivity contribution in [3.8, 4) is 0 Å². The van der Waals surface area contributed by atoms with Crippen molar-refractivity contribution in [1.82, 2.24) is 10.2 Å². The van der Waals surface area contributed by atoms with Gasteiger partial charge in [-0.3, -0.25) is 9.59 Å². The molecule has 5 nitrogen and oxygen atoms in total. The lowest BCUT2D eigenvalue weighted by atomic mass is 9.74. The predicted molar refractivity (Wildman–Crippen MR) is 105 cm³/mol. The van der Waals surface area contributed by atoms with E-state index in [0.717, 1.165) is 53.2 Å². The predicted octanol–water partition coefficient (Wildman–Crippen LogP) is 3.87. The highest BCUT2D eigenvalue weighted by molar-refractivity contribution is 7.10. The average Bonchev–Trinajstić information content (AvgIpc) is 3.15. The molecule has 0 radical (unpaired) electrons. The number of hydrogen-bond donors (Lipinski definition) is 1. The van der Waals surface area contributed by atoms with E-state index in [1.165, 1.54) is 0 Å². The SMILES string of the molecule is Cc1cc2c(o1)CC(C)(C)C[C@@H]2NC(=O)CN1CCCc2sccc2C1=O. The van der Waals surface area contributed by atoms with E-state index in [9.17, 15) is 9.59 Å². The van der Waals surface area contributed by atoms with Crippen LogP contribution in [-0.2, 0) is 17.6 Å². The lowest BCUT2D eigenvalue weighted by Gasteiger charge is -2.35. The van der Waals surface area contributed by atoms with Crippen molar-refractivity contribution in [1.29, 1.82) is 0 Å². The first-order chi connectivity index (χ1) is 12.8. The molecule has 0 bridgehead atoms. The molecule has 0 spiro atoms. The van der Waals surface area contributed by atoms with Crippen LogP contribution in [0.1, 0.15) is 65.1 Å². The third-order valence-electron chi connectivity index (χ3n) is 5.50. The van der Waals surface area contributed by atoms with Gasteiger partial charge in [0.15, 0.2) is 0 Å². The number of furan rings is 1. The number of nitrogens with one attached hydrogen (secondary N) is 1. The topological polar surface area (TPSA) is 62.6 Å². The zero-order valence-electron chi connectivity index (χ0n) is 16.1. The Kier molecular flexibility index (Phi) is 4.62. The van der Waals surface area contributed by atoms with Gasteiger partial charge in [0, 0.05) is 23.4 Å². The number of rotatable bonds is 3.